The van der Waals surface area contributed by atoms with Crippen LogP contribution in [0.4, 0.5) is 5.69 Å². The van der Waals surface area contributed by atoms with Crippen LogP contribution in [-0.4, -0.2) is 34.4 Å². The van der Waals surface area contributed by atoms with Gasteiger partial charge in [0.15, 0.2) is 5.82 Å². The second kappa shape index (κ2) is 5.71. The molecule has 0 amide bonds. The molecule has 0 aromatic carbocycles. The molecule has 7 heteroatoms. The fourth-order valence-corrected chi connectivity index (χ4v) is 1.75. The molecule has 19 heavy (non-hydrogen) atoms. The van der Waals surface area contributed by atoms with Crippen molar-refractivity contribution in [2.75, 3.05) is 19.0 Å². The number of carbonyl (C=O) groups excluding carboxylic acids is 1. The lowest BCUT2D eigenvalue weighted by Gasteiger charge is -2.05. The van der Waals surface area contributed by atoms with Gasteiger partial charge in [0.05, 0.1) is 35.3 Å². The lowest BCUT2D eigenvalue weighted by Crippen LogP contribution is -2.04. The van der Waals surface area contributed by atoms with E-state index in [1.54, 1.807) is 26.2 Å². The van der Waals surface area contributed by atoms with E-state index in [9.17, 15) is 4.79 Å². The Morgan fingerprint density at radius 1 is 1.53 bits per heavy atom. The van der Waals surface area contributed by atoms with Gasteiger partial charge in [0.1, 0.15) is 0 Å². The van der Waals surface area contributed by atoms with E-state index < -0.39 is 5.97 Å². The van der Waals surface area contributed by atoms with E-state index in [2.05, 4.69) is 15.4 Å². The topological polar surface area (TPSA) is 69.0 Å². The maximum atomic E-state index is 11.5. The van der Waals surface area contributed by atoms with Gasteiger partial charge in [-0.05, 0) is 13.0 Å². The summed E-state index contributed by atoms with van der Waals surface area (Å²) < 4.78 is 6.33. The van der Waals surface area contributed by atoms with Crippen molar-refractivity contribution in [3.05, 3.63) is 35.2 Å². The molecule has 2 aromatic heterocycles. The van der Waals surface area contributed by atoms with E-state index in [0.29, 0.717) is 23.0 Å². The predicted octanol–water partition coefficient (Wildman–Crippen LogP) is 2.14. The highest BCUT2D eigenvalue weighted by Crippen LogP contribution is 2.21. The normalized spacial score (nSPS) is 10.3. The summed E-state index contributed by atoms with van der Waals surface area (Å²) in [4.78, 5) is 15.7. The Balaban J connectivity index is 2.30. The van der Waals surface area contributed by atoms with Crippen LogP contribution in [0.5, 0.6) is 0 Å². The average Bonchev–Trinajstić information content (AvgIpc) is 2.88. The quantitative estimate of drug-likeness (QED) is 0.869. The van der Waals surface area contributed by atoms with Gasteiger partial charge in [0, 0.05) is 13.2 Å². The second-order valence-corrected chi connectivity index (χ2v) is 4.08. The van der Waals surface area contributed by atoms with E-state index in [1.165, 1.54) is 17.1 Å². The molecule has 2 aromatic rings. The molecular weight excluding hydrogens is 268 g/mol. The number of hydrogen-bond acceptors (Lipinski definition) is 5. The third kappa shape index (κ3) is 2.85. The molecule has 2 heterocycles. The molecule has 0 aliphatic rings. The van der Waals surface area contributed by atoms with Crippen molar-refractivity contribution in [3.8, 4) is 5.82 Å². The smallest absolute Gasteiger partial charge is 0.341 e. The first kappa shape index (κ1) is 13.4. The third-order valence-corrected chi connectivity index (χ3v) is 2.70. The number of halogens is 1. The number of rotatable bonds is 4. The Bertz CT molecular complexity index is 597. The zero-order valence-corrected chi connectivity index (χ0v) is 11.3. The molecule has 100 valence electrons. The van der Waals surface area contributed by atoms with Crippen LogP contribution >= 0.6 is 11.6 Å². The first-order chi connectivity index (χ1) is 9.15. The molecule has 0 spiro atoms. The summed E-state index contributed by atoms with van der Waals surface area (Å²) in [5, 5.41) is 7.43. The Morgan fingerprint density at radius 2 is 2.32 bits per heavy atom. The third-order valence-electron chi connectivity index (χ3n) is 2.42. The van der Waals surface area contributed by atoms with Gasteiger partial charge in [-0.25, -0.2) is 14.5 Å². The zero-order chi connectivity index (χ0) is 13.8. The minimum absolute atomic E-state index is 0.319. The number of hydrogen-bond donors (Lipinski definition) is 1. The number of ether oxygens (including phenoxy) is 1. The minimum atomic E-state index is -0.420. The largest absolute Gasteiger partial charge is 0.462 e. The number of pyridine rings is 1. The molecule has 0 saturated carbocycles. The second-order valence-electron chi connectivity index (χ2n) is 3.67. The first-order valence-electron chi connectivity index (χ1n) is 5.71. The number of esters is 1. The van der Waals surface area contributed by atoms with Gasteiger partial charge in [-0.15, -0.1) is 0 Å². The van der Waals surface area contributed by atoms with Gasteiger partial charge < -0.3 is 10.1 Å². The van der Waals surface area contributed by atoms with Crippen molar-refractivity contribution in [1.29, 1.82) is 0 Å². The summed E-state index contributed by atoms with van der Waals surface area (Å²) in [5.41, 5.74) is 1.16. The van der Waals surface area contributed by atoms with Crippen molar-refractivity contribution in [3.63, 3.8) is 0 Å². The lowest BCUT2D eigenvalue weighted by atomic mass is 10.3. The first-order valence-corrected chi connectivity index (χ1v) is 6.09. The maximum Gasteiger partial charge on any atom is 0.341 e. The lowest BCUT2D eigenvalue weighted by molar-refractivity contribution is 0.0526. The van der Waals surface area contributed by atoms with Crippen LogP contribution in [0, 0.1) is 0 Å². The molecule has 0 atom stereocenters. The zero-order valence-electron chi connectivity index (χ0n) is 10.6. The predicted molar refractivity (Wildman–Crippen MR) is 71.9 cm³/mol. The standard InChI is InChI=1S/C12H13ClN4O2/c1-3-19-12(18)8-5-16-17(7-8)11-10(13)4-9(14-2)6-15-11/h4-7,14H,3H2,1-2H3. The molecule has 1 N–H and O–H groups in total. The van der Waals surface area contributed by atoms with E-state index in [0.717, 1.165) is 5.69 Å². The SMILES string of the molecule is CCOC(=O)c1cnn(-c2ncc(NC)cc2Cl)c1. The van der Waals surface area contributed by atoms with Crippen LogP contribution in [0.3, 0.4) is 0 Å². The maximum absolute atomic E-state index is 11.5. The van der Waals surface area contributed by atoms with Crippen molar-refractivity contribution < 1.29 is 9.53 Å². The molecule has 0 bridgehead atoms. The van der Waals surface area contributed by atoms with E-state index >= 15 is 0 Å². The summed E-state index contributed by atoms with van der Waals surface area (Å²) in [5.74, 6) is 0.0351. The fourth-order valence-electron chi connectivity index (χ4n) is 1.49. The number of carbonyl (C=O) groups is 1. The Hall–Kier alpha value is -2.08. The van der Waals surface area contributed by atoms with Gasteiger partial charge in [0.25, 0.3) is 0 Å². The van der Waals surface area contributed by atoms with Crippen LogP contribution in [-0.2, 0) is 4.74 Å². The summed E-state index contributed by atoms with van der Waals surface area (Å²) in [7, 11) is 1.78. The van der Waals surface area contributed by atoms with Gasteiger partial charge >= 0.3 is 5.97 Å². The molecule has 0 saturated heterocycles. The highest BCUT2D eigenvalue weighted by atomic mass is 35.5. The Kier molecular flexibility index (Phi) is 4.01. The van der Waals surface area contributed by atoms with Crippen LogP contribution in [0.1, 0.15) is 17.3 Å². The van der Waals surface area contributed by atoms with E-state index in [-0.39, 0.29) is 0 Å². The Morgan fingerprint density at radius 3 is 2.95 bits per heavy atom. The van der Waals surface area contributed by atoms with E-state index in [4.69, 9.17) is 16.3 Å². The highest BCUT2D eigenvalue weighted by molar-refractivity contribution is 6.32. The molecule has 0 fully saturated rings. The van der Waals surface area contributed by atoms with Crippen molar-refractivity contribution in [2.45, 2.75) is 6.92 Å². The van der Waals surface area contributed by atoms with Crippen molar-refractivity contribution in [1.82, 2.24) is 14.8 Å². The summed E-state index contributed by atoms with van der Waals surface area (Å²) in [6, 6.07) is 1.73. The molecular formula is C12H13ClN4O2. The van der Waals surface area contributed by atoms with Gasteiger partial charge in [-0.1, -0.05) is 11.6 Å². The minimum Gasteiger partial charge on any atom is -0.462 e. The van der Waals surface area contributed by atoms with Crippen LogP contribution in [0.15, 0.2) is 24.7 Å². The van der Waals surface area contributed by atoms with Crippen LogP contribution in [0.25, 0.3) is 5.82 Å². The molecule has 6 nitrogen and oxygen atoms in total. The molecule has 0 radical (unpaired) electrons. The van der Waals surface area contributed by atoms with E-state index in [1.807, 2.05) is 0 Å². The fraction of sp³-hybridized carbons (Fsp3) is 0.250. The van der Waals surface area contributed by atoms with Crippen LogP contribution < -0.4 is 5.32 Å². The van der Waals surface area contributed by atoms with Crippen molar-refractivity contribution in [2.24, 2.45) is 0 Å². The monoisotopic (exact) mass is 280 g/mol. The number of nitrogens with zero attached hydrogens (tertiary/aromatic N) is 3. The number of aromatic nitrogens is 3. The van der Waals surface area contributed by atoms with Gasteiger partial charge in [-0.2, -0.15) is 5.10 Å². The highest BCUT2D eigenvalue weighted by Gasteiger charge is 2.12. The van der Waals surface area contributed by atoms with Gasteiger partial charge in [-0.3, -0.25) is 0 Å². The molecule has 0 unspecified atom stereocenters. The molecule has 0 aliphatic carbocycles. The summed E-state index contributed by atoms with van der Waals surface area (Å²) >= 11 is 6.11. The van der Waals surface area contributed by atoms with Gasteiger partial charge in [0.2, 0.25) is 0 Å². The Labute approximate surface area is 115 Å². The van der Waals surface area contributed by atoms with Crippen LogP contribution in [0.2, 0.25) is 5.02 Å². The number of nitrogens with one attached hydrogen (secondary N) is 1. The summed E-state index contributed by atoms with van der Waals surface area (Å²) in [6.07, 6.45) is 4.58. The number of anilines is 1. The summed E-state index contributed by atoms with van der Waals surface area (Å²) in [6.45, 7) is 2.07. The molecule has 2 rings (SSSR count). The average molecular weight is 281 g/mol. The molecule has 0 aliphatic heterocycles. The van der Waals surface area contributed by atoms with Crippen molar-refractivity contribution >= 4 is 23.3 Å².